The summed E-state index contributed by atoms with van der Waals surface area (Å²) in [6, 6.07) is 31.7. The molecule has 0 saturated carbocycles. The summed E-state index contributed by atoms with van der Waals surface area (Å²) in [4.78, 5) is 6.52. The number of hydrogen-bond acceptors (Lipinski definition) is 2. The number of para-hydroxylation sites is 1. The Balaban J connectivity index is 1.76. The molecule has 120 valence electrons. The highest BCUT2D eigenvalue weighted by atomic mass is 16.7. The molecule has 1 aliphatic heterocycles. The minimum Gasteiger partial charge on any atom is -0.262 e. The normalized spacial score (nSPS) is 23.4. The molecule has 3 aromatic rings. The van der Waals surface area contributed by atoms with E-state index in [1.807, 2.05) is 12.1 Å². The first-order valence-corrected chi connectivity index (χ1v) is 8.40. The Morgan fingerprint density at radius 3 is 1.96 bits per heavy atom. The summed E-state index contributed by atoms with van der Waals surface area (Å²) < 4.78 is 0. The van der Waals surface area contributed by atoms with Crippen LogP contribution >= 0.6 is 0 Å². The van der Waals surface area contributed by atoms with Crippen LogP contribution in [0.25, 0.3) is 0 Å². The Bertz CT molecular complexity index is 738. The van der Waals surface area contributed by atoms with Crippen molar-refractivity contribution in [2.75, 3.05) is 5.06 Å². The monoisotopic (exact) mass is 315 g/mol. The highest BCUT2D eigenvalue weighted by Crippen LogP contribution is 2.47. The summed E-state index contributed by atoms with van der Waals surface area (Å²) >= 11 is 0. The highest BCUT2D eigenvalue weighted by Gasteiger charge is 2.44. The lowest BCUT2D eigenvalue weighted by Crippen LogP contribution is -2.25. The molecule has 0 bridgehead atoms. The molecular weight excluding hydrogens is 294 g/mol. The van der Waals surface area contributed by atoms with Crippen molar-refractivity contribution in [3.8, 4) is 0 Å². The third-order valence-corrected chi connectivity index (χ3v) is 4.75. The maximum atomic E-state index is 6.52. The molecule has 0 aromatic heterocycles. The van der Waals surface area contributed by atoms with E-state index in [0.717, 1.165) is 12.1 Å². The van der Waals surface area contributed by atoms with Crippen molar-refractivity contribution < 1.29 is 4.84 Å². The van der Waals surface area contributed by atoms with E-state index < -0.39 is 0 Å². The lowest BCUT2D eigenvalue weighted by Gasteiger charge is -2.27. The van der Waals surface area contributed by atoms with E-state index in [4.69, 9.17) is 4.84 Å². The van der Waals surface area contributed by atoms with E-state index >= 15 is 0 Å². The first-order valence-electron chi connectivity index (χ1n) is 8.40. The predicted octanol–water partition coefficient (Wildman–Crippen LogP) is 5.49. The molecule has 1 heterocycles. The standard InChI is InChI=1S/C22H21NO/c1-22(19-13-7-3-8-14-19)17-21(18-11-5-2-6-12-18)23(24-22)20-15-9-4-10-16-20/h2-16,21H,17H2,1H3/t21-,22+/m1/s1. The SMILES string of the molecule is C[C@@]1(c2ccccc2)C[C@H](c2ccccc2)N(c2ccccc2)O1. The fourth-order valence-corrected chi connectivity index (χ4v) is 3.47. The molecule has 0 N–H and O–H groups in total. The number of hydroxylamine groups is 1. The quantitative estimate of drug-likeness (QED) is 0.634. The third-order valence-electron chi connectivity index (χ3n) is 4.75. The largest absolute Gasteiger partial charge is 0.262 e. The number of hydrogen-bond donors (Lipinski definition) is 0. The van der Waals surface area contributed by atoms with E-state index in [9.17, 15) is 0 Å². The molecule has 24 heavy (non-hydrogen) atoms. The van der Waals surface area contributed by atoms with Gasteiger partial charge in [0, 0.05) is 6.42 Å². The van der Waals surface area contributed by atoms with Crippen LogP contribution in [0.1, 0.15) is 30.5 Å². The van der Waals surface area contributed by atoms with Gasteiger partial charge in [-0.3, -0.25) is 4.84 Å². The van der Waals surface area contributed by atoms with Crippen molar-refractivity contribution >= 4 is 5.69 Å². The highest BCUT2D eigenvalue weighted by molar-refractivity contribution is 5.48. The maximum Gasteiger partial charge on any atom is 0.121 e. The minimum absolute atomic E-state index is 0.193. The van der Waals surface area contributed by atoms with Crippen LogP contribution in [-0.4, -0.2) is 0 Å². The van der Waals surface area contributed by atoms with Crippen LogP contribution in [0.15, 0.2) is 91.0 Å². The Morgan fingerprint density at radius 1 is 0.792 bits per heavy atom. The number of anilines is 1. The molecule has 0 aliphatic carbocycles. The Labute approximate surface area is 143 Å². The molecule has 2 atom stereocenters. The van der Waals surface area contributed by atoms with Gasteiger partial charge < -0.3 is 0 Å². The van der Waals surface area contributed by atoms with E-state index in [1.54, 1.807) is 0 Å². The van der Waals surface area contributed by atoms with E-state index in [1.165, 1.54) is 11.1 Å². The van der Waals surface area contributed by atoms with E-state index in [0.29, 0.717) is 0 Å². The van der Waals surface area contributed by atoms with Gasteiger partial charge in [0.05, 0.1) is 11.7 Å². The first kappa shape index (κ1) is 15.0. The zero-order valence-electron chi connectivity index (χ0n) is 13.8. The van der Waals surface area contributed by atoms with Crippen molar-refractivity contribution in [2.45, 2.75) is 25.0 Å². The number of rotatable bonds is 3. The van der Waals surface area contributed by atoms with Crippen molar-refractivity contribution in [1.29, 1.82) is 0 Å². The van der Waals surface area contributed by atoms with Gasteiger partial charge in [-0.25, -0.2) is 5.06 Å². The van der Waals surface area contributed by atoms with Gasteiger partial charge in [0.15, 0.2) is 0 Å². The summed E-state index contributed by atoms with van der Waals surface area (Å²) in [6.07, 6.45) is 0.913. The zero-order valence-corrected chi connectivity index (χ0v) is 13.8. The predicted molar refractivity (Wildman–Crippen MR) is 97.6 cm³/mol. The van der Waals surface area contributed by atoms with Crippen molar-refractivity contribution in [3.05, 3.63) is 102 Å². The topological polar surface area (TPSA) is 12.5 Å². The summed E-state index contributed by atoms with van der Waals surface area (Å²) in [6.45, 7) is 2.18. The van der Waals surface area contributed by atoms with Crippen LogP contribution in [0.3, 0.4) is 0 Å². The van der Waals surface area contributed by atoms with Crippen molar-refractivity contribution in [1.82, 2.24) is 0 Å². The van der Waals surface area contributed by atoms with Gasteiger partial charge >= 0.3 is 0 Å². The maximum absolute atomic E-state index is 6.52. The van der Waals surface area contributed by atoms with Gasteiger partial charge in [0.1, 0.15) is 5.60 Å². The van der Waals surface area contributed by atoms with Crippen LogP contribution in [0.2, 0.25) is 0 Å². The minimum atomic E-state index is -0.336. The summed E-state index contributed by atoms with van der Waals surface area (Å²) in [5.41, 5.74) is 3.24. The second kappa shape index (κ2) is 6.14. The zero-order chi connectivity index (χ0) is 16.4. The van der Waals surface area contributed by atoms with Crippen molar-refractivity contribution in [3.63, 3.8) is 0 Å². The second-order valence-electron chi connectivity index (χ2n) is 6.48. The molecule has 0 spiro atoms. The lowest BCUT2D eigenvalue weighted by molar-refractivity contribution is -0.00264. The first-order chi connectivity index (χ1) is 11.8. The summed E-state index contributed by atoms with van der Waals surface area (Å²) in [5, 5.41) is 2.07. The van der Waals surface area contributed by atoms with E-state index in [2.05, 4.69) is 90.8 Å². The Hall–Kier alpha value is -2.58. The average molecular weight is 315 g/mol. The molecular formula is C22H21NO. The number of nitrogens with zero attached hydrogens (tertiary/aromatic N) is 1. The molecule has 0 amide bonds. The van der Waals surface area contributed by atoms with Gasteiger partial charge in [-0.05, 0) is 30.2 Å². The average Bonchev–Trinajstić information content (AvgIpc) is 3.03. The molecule has 4 rings (SSSR count). The van der Waals surface area contributed by atoms with Crippen LogP contribution < -0.4 is 5.06 Å². The molecule has 0 radical (unpaired) electrons. The van der Waals surface area contributed by atoms with Gasteiger partial charge in [0.25, 0.3) is 0 Å². The van der Waals surface area contributed by atoms with Crippen LogP contribution in [0.5, 0.6) is 0 Å². The van der Waals surface area contributed by atoms with Crippen LogP contribution in [-0.2, 0) is 10.4 Å². The van der Waals surface area contributed by atoms with Crippen LogP contribution in [0.4, 0.5) is 5.69 Å². The molecule has 1 fully saturated rings. The Morgan fingerprint density at radius 2 is 1.33 bits per heavy atom. The molecule has 1 saturated heterocycles. The van der Waals surface area contributed by atoms with E-state index in [-0.39, 0.29) is 11.6 Å². The van der Waals surface area contributed by atoms with Gasteiger partial charge in [0.2, 0.25) is 0 Å². The lowest BCUT2D eigenvalue weighted by atomic mass is 9.88. The molecule has 1 aliphatic rings. The fourth-order valence-electron chi connectivity index (χ4n) is 3.47. The molecule has 0 unspecified atom stereocenters. The smallest absolute Gasteiger partial charge is 0.121 e. The van der Waals surface area contributed by atoms with Gasteiger partial charge in [-0.15, -0.1) is 0 Å². The van der Waals surface area contributed by atoms with Crippen molar-refractivity contribution in [2.24, 2.45) is 0 Å². The second-order valence-corrected chi connectivity index (χ2v) is 6.48. The third kappa shape index (κ3) is 2.70. The Kier molecular flexibility index (Phi) is 3.83. The summed E-state index contributed by atoms with van der Waals surface area (Å²) in [5.74, 6) is 0. The molecule has 2 heteroatoms. The van der Waals surface area contributed by atoms with Gasteiger partial charge in [-0.1, -0.05) is 78.9 Å². The van der Waals surface area contributed by atoms with Crippen LogP contribution in [0, 0.1) is 0 Å². The van der Waals surface area contributed by atoms with Gasteiger partial charge in [-0.2, -0.15) is 0 Å². The fraction of sp³-hybridized carbons (Fsp3) is 0.182. The molecule has 2 nitrogen and oxygen atoms in total. The molecule has 3 aromatic carbocycles. The summed E-state index contributed by atoms with van der Waals surface area (Å²) in [7, 11) is 0. The number of benzene rings is 3.